The minimum absolute atomic E-state index is 0.0741. The molecule has 3 rings (SSSR count). The summed E-state index contributed by atoms with van der Waals surface area (Å²) in [6.07, 6.45) is 1.65. The second-order valence-corrected chi connectivity index (χ2v) is 5.39. The quantitative estimate of drug-likeness (QED) is 0.593. The Kier molecular flexibility index (Phi) is 4.14. The average Bonchev–Trinajstić information content (AvgIpc) is 2.94. The van der Waals surface area contributed by atoms with Gasteiger partial charge in [0.15, 0.2) is 0 Å². The lowest BCUT2D eigenvalue weighted by Gasteiger charge is -2.03. The van der Waals surface area contributed by atoms with Crippen LogP contribution in [-0.4, -0.2) is 27.1 Å². The van der Waals surface area contributed by atoms with Crippen molar-refractivity contribution in [2.45, 2.75) is 20.4 Å². The Hall–Kier alpha value is -3.02. The molecule has 0 spiro atoms. The maximum Gasteiger partial charge on any atom is 0.261 e. The zero-order chi connectivity index (χ0) is 16.2. The maximum absolute atomic E-state index is 12.0. The molecule has 0 saturated carbocycles. The van der Waals surface area contributed by atoms with E-state index in [1.807, 2.05) is 56.3 Å². The zero-order valence-corrected chi connectivity index (χ0v) is 13.0. The van der Waals surface area contributed by atoms with E-state index >= 15 is 0 Å². The number of rotatable bonds is 4. The third-order valence-corrected chi connectivity index (χ3v) is 3.54. The second kappa shape index (κ2) is 6.39. The second-order valence-electron chi connectivity index (χ2n) is 5.39. The maximum atomic E-state index is 12.0. The number of amides is 1. The van der Waals surface area contributed by atoms with E-state index < -0.39 is 0 Å². The van der Waals surface area contributed by atoms with Crippen LogP contribution in [0, 0.1) is 13.8 Å². The molecule has 6 heteroatoms. The highest BCUT2D eigenvalue weighted by Crippen LogP contribution is 2.09. The lowest BCUT2D eigenvalue weighted by molar-refractivity contribution is -0.121. The van der Waals surface area contributed by atoms with Gasteiger partial charge in [0.1, 0.15) is 12.1 Å². The van der Waals surface area contributed by atoms with Crippen molar-refractivity contribution in [3.8, 4) is 0 Å². The average molecular weight is 307 g/mol. The number of nitrogens with one attached hydrogen (secondary N) is 1. The number of para-hydroxylation sites is 1. The van der Waals surface area contributed by atoms with Gasteiger partial charge in [-0.25, -0.2) is 10.1 Å². The summed E-state index contributed by atoms with van der Waals surface area (Å²) in [5.74, 6) is -0.248. The summed E-state index contributed by atoms with van der Waals surface area (Å²) in [4.78, 5) is 12.0. The van der Waals surface area contributed by atoms with Gasteiger partial charge in [0.05, 0.1) is 11.7 Å². The summed E-state index contributed by atoms with van der Waals surface area (Å²) in [6.45, 7) is 4.10. The molecule has 23 heavy (non-hydrogen) atoms. The van der Waals surface area contributed by atoms with E-state index in [9.17, 15) is 4.79 Å². The van der Waals surface area contributed by atoms with Gasteiger partial charge in [0.25, 0.3) is 5.91 Å². The number of nitrogens with zero attached hydrogens (tertiary/aromatic N) is 4. The summed E-state index contributed by atoms with van der Waals surface area (Å²) < 4.78 is 1.55. The van der Waals surface area contributed by atoms with Crippen LogP contribution in [-0.2, 0) is 11.3 Å². The molecule has 1 heterocycles. The Morgan fingerprint density at radius 2 is 2.09 bits per heavy atom. The van der Waals surface area contributed by atoms with Crippen LogP contribution in [0.4, 0.5) is 0 Å². The van der Waals surface area contributed by atoms with Crippen LogP contribution in [0.1, 0.15) is 16.7 Å². The molecule has 2 aromatic carbocycles. The highest BCUT2D eigenvalue weighted by atomic mass is 16.2. The number of hydrazone groups is 1. The summed E-state index contributed by atoms with van der Waals surface area (Å²) in [5, 5.41) is 12.0. The molecule has 6 nitrogen and oxygen atoms in total. The lowest BCUT2D eigenvalue weighted by atomic mass is 10.1. The predicted molar refractivity (Wildman–Crippen MR) is 89.2 cm³/mol. The third kappa shape index (κ3) is 3.42. The molecule has 0 unspecified atom stereocenters. The number of carbonyl (C=O) groups excluding carboxylic acids is 1. The Bertz CT molecular complexity index is 882. The van der Waals surface area contributed by atoms with Crippen molar-refractivity contribution >= 4 is 23.2 Å². The van der Waals surface area contributed by atoms with Gasteiger partial charge in [-0.3, -0.25) is 4.79 Å². The largest absolute Gasteiger partial charge is 0.271 e. The molecule has 0 atom stereocenters. The van der Waals surface area contributed by atoms with Crippen molar-refractivity contribution in [3.05, 3.63) is 59.2 Å². The fourth-order valence-electron chi connectivity index (χ4n) is 2.28. The fraction of sp³-hybridized carbons (Fsp3) is 0.176. The van der Waals surface area contributed by atoms with Gasteiger partial charge in [-0.1, -0.05) is 41.1 Å². The topological polar surface area (TPSA) is 72.2 Å². The molecule has 0 aliphatic rings. The third-order valence-electron chi connectivity index (χ3n) is 3.54. The van der Waals surface area contributed by atoms with Gasteiger partial charge < -0.3 is 0 Å². The van der Waals surface area contributed by atoms with E-state index in [0.29, 0.717) is 0 Å². The van der Waals surface area contributed by atoms with Crippen LogP contribution in [0.25, 0.3) is 11.0 Å². The molecule has 1 amide bonds. The van der Waals surface area contributed by atoms with Crippen LogP contribution in [0.3, 0.4) is 0 Å². The Labute approximate surface area is 133 Å². The van der Waals surface area contributed by atoms with Crippen molar-refractivity contribution in [1.29, 1.82) is 0 Å². The number of fused-ring (bicyclic) bond motifs is 1. The number of hydrogen-bond donors (Lipinski definition) is 1. The lowest BCUT2D eigenvalue weighted by Crippen LogP contribution is -2.23. The number of hydrogen-bond acceptors (Lipinski definition) is 4. The first-order valence-corrected chi connectivity index (χ1v) is 7.31. The van der Waals surface area contributed by atoms with Crippen LogP contribution < -0.4 is 5.43 Å². The van der Waals surface area contributed by atoms with E-state index in [0.717, 1.165) is 27.7 Å². The van der Waals surface area contributed by atoms with Gasteiger partial charge in [-0.2, -0.15) is 5.10 Å². The van der Waals surface area contributed by atoms with Crippen molar-refractivity contribution < 1.29 is 4.79 Å². The van der Waals surface area contributed by atoms with Gasteiger partial charge in [-0.05, 0) is 37.1 Å². The van der Waals surface area contributed by atoms with Crippen molar-refractivity contribution in [2.24, 2.45) is 5.10 Å². The molecular weight excluding hydrogens is 290 g/mol. The Morgan fingerprint density at radius 1 is 1.26 bits per heavy atom. The van der Waals surface area contributed by atoms with Gasteiger partial charge in [0, 0.05) is 0 Å². The first-order chi connectivity index (χ1) is 11.1. The molecule has 0 radical (unpaired) electrons. The van der Waals surface area contributed by atoms with Crippen LogP contribution in [0.5, 0.6) is 0 Å². The molecule has 116 valence electrons. The monoisotopic (exact) mass is 307 g/mol. The number of aromatic nitrogens is 3. The van der Waals surface area contributed by atoms with Gasteiger partial charge in [0.2, 0.25) is 0 Å². The van der Waals surface area contributed by atoms with Gasteiger partial charge in [-0.15, -0.1) is 5.10 Å². The van der Waals surface area contributed by atoms with E-state index in [4.69, 9.17) is 0 Å². The molecule has 0 aliphatic heterocycles. The summed E-state index contributed by atoms with van der Waals surface area (Å²) >= 11 is 0. The van der Waals surface area contributed by atoms with E-state index in [-0.39, 0.29) is 12.5 Å². The summed E-state index contributed by atoms with van der Waals surface area (Å²) in [7, 11) is 0. The van der Waals surface area contributed by atoms with E-state index in [1.165, 1.54) is 0 Å². The van der Waals surface area contributed by atoms with Crippen molar-refractivity contribution in [1.82, 2.24) is 20.4 Å². The minimum atomic E-state index is -0.248. The number of aryl methyl sites for hydroxylation is 2. The number of carbonyl (C=O) groups is 1. The Morgan fingerprint density at radius 3 is 2.96 bits per heavy atom. The summed E-state index contributed by atoms with van der Waals surface area (Å²) in [5.41, 5.74) is 7.35. The zero-order valence-electron chi connectivity index (χ0n) is 13.0. The smallest absolute Gasteiger partial charge is 0.261 e. The standard InChI is InChI=1S/C17H17N5O/c1-12-7-8-13(2)14(9-12)10-18-20-17(23)11-22-16-6-4-3-5-15(16)19-21-22/h3-10H,11H2,1-2H3,(H,20,23)/b18-10-. The minimum Gasteiger partial charge on any atom is -0.271 e. The van der Waals surface area contributed by atoms with E-state index in [2.05, 4.69) is 20.8 Å². The predicted octanol–water partition coefficient (Wildman–Crippen LogP) is 2.20. The van der Waals surface area contributed by atoms with Crippen LogP contribution in [0.15, 0.2) is 47.6 Å². The van der Waals surface area contributed by atoms with Crippen molar-refractivity contribution in [3.63, 3.8) is 0 Å². The molecule has 0 fully saturated rings. The normalized spacial score (nSPS) is 11.2. The molecule has 0 bridgehead atoms. The molecule has 3 aromatic rings. The van der Waals surface area contributed by atoms with E-state index in [1.54, 1.807) is 10.9 Å². The fourth-order valence-corrected chi connectivity index (χ4v) is 2.28. The molecule has 1 aromatic heterocycles. The molecule has 0 aliphatic carbocycles. The molecule has 0 saturated heterocycles. The van der Waals surface area contributed by atoms with Crippen LogP contribution >= 0.6 is 0 Å². The first-order valence-electron chi connectivity index (χ1n) is 7.31. The van der Waals surface area contributed by atoms with Crippen molar-refractivity contribution in [2.75, 3.05) is 0 Å². The molecular formula is C17H17N5O. The van der Waals surface area contributed by atoms with Crippen LogP contribution in [0.2, 0.25) is 0 Å². The molecule has 1 N–H and O–H groups in total. The summed E-state index contributed by atoms with van der Waals surface area (Å²) in [6, 6.07) is 13.6. The highest BCUT2D eigenvalue weighted by Gasteiger charge is 2.07. The first kappa shape index (κ1) is 14.9. The Balaban J connectivity index is 1.66. The van der Waals surface area contributed by atoms with Gasteiger partial charge >= 0.3 is 0 Å². The number of benzene rings is 2. The highest BCUT2D eigenvalue weighted by molar-refractivity contribution is 5.84. The SMILES string of the molecule is Cc1ccc(C)c(/C=N\NC(=O)Cn2nnc3ccccc32)c1.